The van der Waals surface area contributed by atoms with Crippen molar-refractivity contribution in [2.24, 2.45) is 0 Å². The minimum absolute atomic E-state index is 0.141. The molecule has 2 aromatic heterocycles. The number of hydrogen-bond donors (Lipinski definition) is 3. The first-order valence-electron chi connectivity index (χ1n) is 10.1. The zero-order valence-electron chi connectivity index (χ0n) is 15.9. The molecule has 3 aromatic rings. The van der Waals surface area contributed by atoms with E-state index in [-0.39, 0.29) is 29.7 Å². The Balaban J connectivity index is 1.61. The van der Waals surface area contributed by atoms with Gasteiger partial charge in [-0.1, -0.05) is 31.4 Å². The highest BCUT2D eigenvalue weighted by Gasteiger charge is 2.36. The quantitative estimate of drug-likeness (QED) is 0.631. The molecule has 8 heteroatoms. The van der Waals surface area contributed by atoms with Crippen LogP contribution < -0.4 is 10.9 Å². The lowest BCUT2D eigenvalue weighted by atomic mass is 9.86. The van der Waals surface area contributed by atoms with E-state index in [9.17, 15) is 14.0 Å². The predicted octanol–water partition coefficient (Wildman–Crippen LogP) is 3.68. The molecule has 1 unspecified atom stereocenters. The van der Waals surface area contributed by atoms with Crippen molar-refractivity contribution in [2.75, 3.05) is 5.32 Å². The van der Waals surface area contributed by atoms with Gasteiger partial charge < -0.3 is 5.32 Å². The fourth-order valence-electron chi connectivity index (χ4n) is 4.70. The Labute approximate surface area is 166 Å². The Morgan fingerprint density at radius 1 is 1.14 bits per heavy atom. The minimum atomic E-state index is -0.440. The Kier molecular flexibility index (Phi) is 4.34. The summed E-state index contributed by atoms with van der Waals surface area (Å²) in [5.74, 6) is -0.372. The normalized spacial score (nSPS) is 19.8. The maximum Gasteiger partial charge on any atom is 0.270 e. The number of carbonyl (C=O) groups is 1. The Bertz CT molecular complexity index is 1120. The molecule has 29 heavy (non-hydrogen) atoms. The van der Waals surface area contributed by atoms with Crippen LogP contribution in [-0.4, -0.2) is 25.9 Å². The van der Waals surface area contributed by atoms with Crippen molar-refractivity contribution in [1.29, 1.82) is 0 Å². The average molecular weight is 395 g/mol. The second-order valence-corrected chi connectivity index (χ2v) is 7.88. The van der Waals surface area contributed by atoms with Crippen LogP contribution in [0.5, 0.6) is 0 Å². The highest BCUT2D eigenvalue weighted by Crippen LogP contribution is 2.40. The highest BCUT2D eigenvalue weighted by atomic mass is 19.1. The molecule has 0 saturated heterocycles. The molecule has 0 spiro atoms. The molecule has 5 rings (SSSR count). The Morgan fingerprint density at radius 2 is 1.97 bits per heavy atom. The number of nitrogens with zero attached hydrogens (tertiary/aromatic N) is 2. The molecule has 7 nitrogen and oxygen atoms in total. The standard InChI is InChI=1S/C21H22FN5O2/c22-13-6-4-5-12(9-13)19-16(11-23-25-19)15-10-17(28)24-20-18(15)21(29)26-27(20)14-7-2-1-3-8-14/h4-6,9,11,14-15H,1-3,7-8,10H2,(H,23,25)(H,24,28)(H,26,29). The molecule has 1 aromatic carbocycles. The van der Waals surface area contributed by atoms with Gasteiger partial charge in [-0.2, -0.15) is 5.10 Å². The zero-order chi connectivity index (χ0) is 20.0. The third kappa shape index (κ3) is 3.08. The highest BCUT2D eigenvalue weighted by molar-refractivity contribution is 5.94. The molecule has 1 atom stereocenters. The number of H-pyrrole nitrogens is 2. The van der Waals surface area contributed by atoms with Gasteiger partial charge in [-0.25, -0.2) is 4.39 Å². The molecule has 150 valence electrons. The summed E-state index contributed by atoms with van der Waals surface area (Å²) >= 11 is 0. The molecule has 3 N–H and O–H groups in total. The van der Waals surface area contributed by atoms with Crippen LogP contribution >= 0.6 is 0 Å². The summed E-state index contributed by atoms with van der Waals surface area (Å²) in [5, 5.41) is 12.9. The van der Waals surface area contributed by atoms with Gasteiger partial charge >= 0.3 is 0 Å². The second kappa shape index (κ2) is 7.02. The summed E-state index contributed by atoms with van der Waals surface area (Å²) in [6, 6.07) is 6.38. The van der Waals surface area contributed by atoms with Crippen LogP contribution in [0.4, 0.5) is 10.2 Å². The first-order valence-corrected chi connectivity index (χ1v) is 10.1. The Hall–Kier alpha value is -3.16. The van der Waals surface area contributed by atoms with Crippen LogP contribution in [-0.2, 0) is 4.79 Å². The number of rotatable bonds is 3. The number of carbonyl (C=O) groups excluding carboxylic acids is 1. The van der Waals surface area contributed by atoms with Gasteiger partial charge in [0.1, 0.15) is 11.6 Å². The SMILES string of the molecule is O=C1CC(c2cn[nH]c2-c2cccc(F)c2)c2c(n(C3CCCCC3)[nH]c2=O)N1. The van der Waals surface area contributed by atoms with Crippen molar-refractivity contribution < 1.29 is 9.18 Å². The largest absolute Gasteiger partial charge is 0.311 e. The van der Waals surface area contributed by atoms with Gasteiger partial charge in [0.25, 0.3) is 5.56 Å². The van der Waals surface area contributed by atoms with Gasteiger partial charge in [-0.05, 0) is 25.0 Å². The number of fused-ring (bicyclic) bond motifs is 1. The monoisotopic (exact) mass is 395 g/mol. The van der Waals surface area contributed by atoms with E-state index < -0.39 is 5.92 Å². The maximum absolute atomic E-state index is 13.8. The van der Waals surface area contributed by atoms with Crippen LogP contribution in [0.15, 0.2) is 35.3 Å². The summed E-state index contributed by atoms with van der Waals surface area (Å²) < 4.78 is 15.6. The van der Waals surface area contributed by atoms with E-state index in [0.29, 0.717) is 22.6 Å². The molecule has 2 aliphatic rings. The predicted molar refractivity (Wildman–Crippen MR) is 106 cm³/mol. The first kappa shape index (κ1) is 17.9. The second-order valence-electron chi connectivity index (χ2n) is 7.88. The van der Waals surface area contributed by atoms with Crippen molar-refractivity contribution in [1.82, 2.24) is 20.0 Å². The lowest BCUT2D eigenvalue weighted by Crippen LogP contribution is -2.27. The van der Waals surface area contributed by atoms with Crippen LogP contribution in [0.3, 0.4) is 0 Å². The maximum atomic E-state index is 13.8. The van der Waals surface area contributed by atoms with E-state index in [1.807, 2.05) is 4.68 Å². The van der Waals surface area contributed by atoms with Gasteiger partial charge in [-0.15, -0.1) is 0 Å². The number of aromatic amines is 2. The van der Waals surface area contributed by atoms with Crippen LogP contribution in [0, 0.1) is 5.82 Å². The van der Waals surface area contributed by atoms with E-state index in [1.54, 1.807) is 18.3 Å². The van der Waals surface area contributed by atoms with Gasteiger partial charge in [0.15, 0.2) is 0 Å². The van der Waals surface area contributed by atoms with Gasteiger partial charge in [0.2, 0.25) is 5.91 Å². The molecular formula is C21H22FN5O2. The van der Waals surface area contributed by atoms with Crippen LogP contribution in [0.25, 0.3) is 11.3 Å². The third-order valence-corrected chi connectivity index (χ3v) is 6.06. The number of benzene rings is 1. The summed E-state index contributed by atoms with van der Waals surface area (Å²) in [6.07, 6.45) is 7.17. The van der Waals surface area contributed by atoms with E-state index in [4.69, 9.17) is 0 Å². The van der Waals surface area contributed by atoms with E-state index >= 15 is 0 Å². The molecule has 1 fully saturated rings. The van der Waals surface area contributed by atoms with E-state index in [1.165, 1.54) is 18.6 Å². The topological polar surface area (TPSA) is 95.6 Å². The fourth-order valence-corrected chi connectivity index (χ4v) is 4.70. The number of nitrogens with one attached hydrogen (secondary N) is 3. The molecule has 3 heterocycles. The lowest BCUT2D eigenvalue weighted by molar-refractivity contribution is -0.116. The van der Waals surface area contributed by atoms with Crippen molar-refractivity contribution >= 4 is 11.7 Å². The smallest absolute Gasteiger partial charge is 0.270 e. The van der Waals surface area contributed by atoms with Gasteiger partial charge in [0, 0.05) is 23.5 Å². The number of anilines is 1. The number of hydrogen-bond acceptors (Lipinski definition) is 3. The average Bonchev–Trinajstić information content (AvgIpc) is 3.33. The summed E-state index contributed by atoms with van der Waals surface area (Å²) in [5.41, 5.74) is 2.34. The number of aromatic nitrogens is 4. The Morgan fingerprint density at radius 3 is 2.76 bits per heavy atom. The number of amides is 1. The fraction of sp³-hybridized carbons (Fsp3) is 0.381. The molecule has 1 aliphatic heterocycles. The van der Waals surface area contributed by atoms with Crippen molar-refractivity contribution in [3.63, 3.8) is 0 Å². The molecule has 1 aliphatic carbocycles. The zero-order valence-corrected chi connectivity index (χ0v) is 15.9. The van der Waals surface area contributed by atoms with Gasteiger partial charge in [-0.3, -0.25) is 24.5 Å². The first-order chi connectivity index (χ1) is 14.1. The van der Waals surface area contributed by atoms with Crippen molar-refractivity contribution in [3.8, 4) is 11.3 Å². The lowest BCUT2D eigenvalue weighted by Gasteiger charge is -2.28. The van der Waals surface area contributed by atoms with E-state index in [2.05, 4.69) is 20.6 Å². The molecule has 0 radical (unpaired) electrons. The van der Waals surface area contributed by atoms with Crippen molar-refractivity contribution in [2.45, 2.75) is 50.5 Å². The molecule has 1 amide bonds. The van der Waals surface area contributed by atoms with Crippen molar-refractivity contribution in [3.05, 3.63) is 57.8 Å². The summed E-state index contributed by atoms with van der Waals surface area (Å²) in [4.78, 5) is 25.5. The number of halogens is 1. The molecule has 0 bridgehead atoms. The molecular weight excluding hydrogens is 373 g/mol. The van der Waals surface area contributed by atoms with E-state index in [0.717, 1.165) is 31.2 Å². The van der Waals surface area contributed by atoms with Crippen LogP contribution in [0.1, 0.15) is 61.6 Å². The summed E-state index contributed by atoms with van der Waals surface area (Å²) in [6.45, 7) is 0. The minimum Gasteiger partial charge on any atom is -0.311 e. The van der Waals surface area contributed by atoms with Gasteiger partial charge in [0.05, 0.1) is 23.5 Å². The summed E-state index contributed by atoms with van der Waals surface area (Å²) in [7, 11) is 0. The molecule has 1 saturated carbocycles. The van der Waals surface area contributed by atoms with Crippen LogP contribution in [0.2, 0.25) is 0 Å². The third-order valence-electron chi connectivity index (χ3n) is 6.06.